The van der Waals surface area contributed by atoms with Crippen molar-refractivity contribution in [2.75, 3.05) is 28.4 Å². The average molecular weight is 409 g/mol. The maximum absolute atomic E-state index is 13.5. The summed E-state index contributed by atoms with van der Waals surface area (Å²) >= 11 is 0. The highest BCUT2D eigenvalue weighted by molar-refractivity contribution is 5.99. The van der Waals surface area contributed by atoms with Gasteiger partial charge in [-0.25, -0.2) is 0 Å². The van der Waals surface area contributed by atoms with Gasteiger partial charge < -0.3 is 23.5 Å². The van der Waals surface area contributed by atoms with Gasteiger partial charge in [-0.05, 0) is 54.8 Å². The number of methoxy groups -OCH3 is 3. The molecule has 1 aliphatic heterocycles. The van der Waals surface area contributed by atoms with Gasteiger partial charge in [-0.3, -0.25) is 9.59 Å². The molecule has 1 aromatic heterocycles. The molecule has 1 atom stereocenters. The summed E-state index contributed by atoms with van der Waals surface area (Å²) in [5, 5.41) is 0.456. The Balaban J connectivity index is 2.01. The molecule has 1 amide bonds. The molecule has 7 nitrogen and oxygen atoms in total. The van der Waals surface area contributed by atoms with E-state index in [4.69, 9.17) is 18.6 Å². The summed E-state index contributed by atoms with van der Waals surface area (Å²) in [5.74, 6) is 1.04. The maximum atomic E-state index is 13.5. The third kappa shape index (κ3) is 2.73. The van der Waals surface area contributed by atoms with E-state index in [0.717, 1.165) is 11.1 Å². The van der Waals surface area contributed by atoms with E-state index in [1.165, 1.54) is 26.2 Å². The van der Waals surface area contributed by atoms with Crippen molar-refractivity contribution < 1.29 is 23.4 Å². The molecule has 2 aromatic carbocycles. The molecule has 0 saturated carbocycles. The second kappa shape index (κ2) is 7.09. The summed E-state index contributed by atoms with van der Waals surface area (Å²) in [5.41, 5.74) is 3.14. The first-order valence-corrected chi connectivity index (χ1v) is 9.47. The van der Waals surface area contributed by atoms with E-state index >= 15 is 0 Å². The van der Waals surface area contributed by atoms with E-state index in [2.05, 4.69) is 0 Å². The third-order valence-electron chi connectivity index (χ3n) is 5.72. The molecule has 0 N–H and O–H groups in total. The van der Waals surface area contributed by atoms with Gasteiger partial charge in [0.25, 0.3) is 5.91 Å². The summed E-state index contributed by atoms with van der Waals surface area (Å²) in [6.07, 6.45) is 0. The summed E-state index contributed by atoms with van der Waals surface area (Å²) < 4.78 is 22.2. The molecule has 1 unspecified atom stereocenters. The Morgan fingerprint density at radius 2 is 1.50 bits per heavy atom. The SMILES string of the molecule is COc1cc(C2c3c(oc4cc(C)c(C)cc4c3=O)C(=O)N2C)cc(OC)c1OC. The molecule has 0 bridgehead atoms. The van der Waals surface area contributed by atoms with Crippen molar-refractivity contribution in [1.82, 2.24) is 4.90 Å². The average Bonchev–Trinajstić information content (AvgIpc) is 2.99. The number of carbonyl (C=O) groups excluding carboxylic acids is 1. The second-order valence-corrected chi connectivity index (χ2v) is 7.38. The highest BCUT2D eigenvalue weighted by atomic mass is 16.5. The Hall–Kier alpha value is -3.48. The van der Waals surface area contributed by atoms with Crippen molar-refractivity contribution in [2.24, 2.45) is 0 Å². The molecule has 7 heteroatoms. The van der Waals surface area contributed by atoms with Crippen LogP contribution in [-0.2, 0) is 0 Å². The molecule has 0 aliphatic carbocycles. The largest absolute Gasteiger partial charge is 0.493 e. The Labute approximate surface area is 173 Å². The number of aryl methyl sites for hydroxylation is 2. The minimum Gasteiger partial charge on any atom is -0.493 e. The molecule has 156 valence electrons. The Morgan fingerprint density at radius 3 is 2.07 bits per heavy atom. The van der Waals surface area contributed by atoms with Crippen molar-refractivity contribution in [2.45, 2.75) is 19.9 Å². The predicted molar refractivity (Wildman–Crippen MR) is 112 cm³/mol. The summed E-state index contributed by atoms with van der Waals surface area (Å²) in [4.78, 5) is 27.9. The lowest BCUT2D eigenvalue weighted by Gasteiger charge is -2.22. The monoisotopic (exact) mass is 409 g/mol. The van der Waals surface area contributed by atoms with Crippen LogP contribution in [0.25, 0.3) is 11.0 Å². The van der Waals surface area contributed by atoms with Crippen molar-refractivity contribution in [1.29, 1.82) is 0 Å². The summed E-state index contributed by atoms with van der Waals surface area (Å²) in [6, 6.07) is 6.46. The van der Waals surface area contributed by atoms with Gasteiger partial charge in [-0.1, -0.05) is 0 Å². The van der Waals surface area contributed by atoms with Gasteiger partial charge in [0.15, 0.2) is 16.9 Å². The van der Waals surface area contributed by atoms with Crippen LogP contribution in [0, 0.1) is 13.8 Å². The first kappa shape index (κ1) is 19.8. The Bertz CT molecular complexity index is 1220. The summed E-state index contributed by atoms with van der Waals surface area (Å²) in [6.45, 7) is 3.88. The number of rotatable bonds is 4. The maximum Gasteiger partial charge on any atom is 0.290 e. The van der Waals surface area contributed by atoms with Gasteiger partial charge in [0, 0.05) is 7.05 Å². The standard InChI is InChI=1S/C23H23NO6/c1-11-7-14-15(8-12(11)2)30-22-18(20(14)25)19(24(3)23(22)26)13-9-16(27-4)21(29-6)17(10-13)28-5/h7-10,19H,1-6H3. The zero-order valence-corrected chi connectivity index (χ0v) is 17.8. The van der Waals surface area contributed by atoms with Crippen LogP contribution >= 0.6 is 0 Å². The van der Waals surface area contributed by atoms with Crippen LogP contribution in [0.15, 0.2) is 33.5 Å². The van der Waals surface area contributed by atoms with Gasteiger partial charge in [0.05, 0.1) is 38.3 Å². The van der Waals surface area contributed by atoms with E-state index in [1.807, 2.05) is 19.9 Å². The zero-order chi connectivity index (χ0) is 21.7. The number of nitrogens with zero attached hydrogens (tertiary/aromatic N) is 1. The van der Waals surface area contributed by atoms with E-state index in [-0.39, 0.29) is 17.1 Å². The topological polar surface area (TPSA) is 78.2 Å². The number of fused-ring (bicyclic) bond motifs is 2. The minimum absolute atomic E-state index is 0.0667. The lowest BCUT2D eigenvalue weighted by atomic mass is 9.97. The predicted octanol–water partition coefficient (Wildman–Crippen LogP) is 3.61. The molecule has 0 saturated heterocycles. The van der Waals surface area contributed by atoms with E-state index < -0.39 is 6.04 Å². The lowest BCUT2D eigenvalue weighted by Crippen LogP contribution is -2.25. The number of ether oxygens (including phenoxy) is 3. The fourth-order valence-electron chi connectivity index (χ4n) is 3.99. The van der Waals surface area contributed by atoms with E-state index in [1.54, 1.807) is 25.2 Å². The Morgan fingerprint density at radius 1 is 0.900 bits per heavy atom. The number of hydrogen-bond acceptors (Lipinski definition) is 6. The second-order valence-electron chi connectivity index (χ2n) is 7.38. The molecule has 0 spiro atoms. The fraction of sp³-hybridized carbons (Fsp3) is 0.304. The lowest BCUT2D eigenvalue weighted by molar-refractivity contribution is 0.0771. The highest BCUT2D eigenvalue weighted by Gasteiger charge is 2.41. The fourth-order valence-corrected chi connectivity index (χ4v) is 3.99. The first-order chi connectivity index (χ1) is 14.3. The van der Waals surface area contributed by atoms with Gasteiger partial charge in [-0.2, -0.15) is 0 Å². The highest BCUT2D eigenvalue weighted by Crippen LogP contribution is 2.44. The zero-order valence-electron chi connectivity index (χ0n) is 17.8. The summed E-state index contributed by atoms with van der Waals surface area (Å²) in [7, 11) is 6.20. The Kier molecular flexibility index (Phi) is 4.68. The molecule has 1 aliphatic rings. The normalized spacial score (nSPS) is 15.5. The van der Waals surface area contributed by atoms with Crippen molar-refractivity contribution in [3.8, 4) is 17.2 Å². The third-order valence-corrected chi connectivity index (χ3v) is 5.72. The van der Waals surface area contributed by atoms with Gasteiger partial charge in [0.1, 0.15) is 5.58 Å². The molecular weight excluding hydrogens is 386 g/mol. The van der Waals surface area contributed by atoms with Gasteiger partial charge >= 0.3 is 0 Å². The number of carbonyl (C=O) groups is 1. The van der Waals surface area contributed by atoms with Gasteiger partial charge in [-0.15, -0.1) is 0 Å². The first-order valence-electron chi connectivity index (χ1n) is 9.47. The van der Waals surface area contributed by atoms with Crippen LogP contribution in [0.3, 0.4) is 0 Å². The smallest absolute Gasteiger partial charge is 0.290 e. The molecular formula is C23H23NO6. The van der Waals surface area contributed by atoms with E-state index in [0.29, 0.717) is 39.3 Å². The molecule has 30 heavy (non-hydrogen) atoms. The number of benzene rings is 2. The quantitative estimate of drug-likeness (QED) is 0.655. The van der Waals surface area contributed by atoms with Crippen molar-refractivity contribution in [3.63, 3.8) is 0 Å². The van der Waals surface area contributed by atoms with E-state index in [9.17, 15) is 9.59 Å². The van der Waals surface area contributed by atoms with Crippen LogP contribution in [0.4, 0.5) is 0 Å². The van der Waals surface area contributed by atoms with Crippen molar-refractivity contribution in [3.05, 3.63) is 62.5 Å². The molecule has 0 fully saturated rings. The van der Waals surface area contributed by atoms with Crippen LogP contribution in [0.1, 0.15) is 38.9 Å². The van der Waals surface area contributed by atoms with Crippen LogP contribution < -0.4 is 19.6 Å². The van der Waals surface area contributed by atoms with Crippen LogP contribution in [0.2, 0.25) is 0 Å². The molecule has 4 rings (SSSR count). The van der Waals surface area contributed by atoms with Crippen LogP contribution in [-0.4, -0.2) is 39.2 Å². The van der Waals surface area contributed by atoms with Crippen LogP contribution in [0.5, 0.6) is 17.2 Å². The van der Waals surface area contributed by atoms with Gasteiger partial charge in [0.2, 0.25) is 11.5 Å². The minimum atomic E-state index is -0.636. The number of amides is 1. The molecule has 3 aromatic rings. The number of hydrogen-bond donors (Lipinski definition) is 0. The molecule has 0 radical (unpaired) electrons. The van der Waals surface area contributed by atoms with Crippen molar-refractivity contribution >= 4 is 16.9 Å². The molecule has 2 heterocycles.